The number of hydrogen-bond acceptors (Lipinski definition) is 5. The van der Waals surface area contributed by atoms with E-state index in [0.29, 0.717) is 37.5 Å². The molecule has 7 nitrogen and oxygen atoms in total. The molecule has 0 radical (unpaired) electrons. The second-order valence-corrected chi connectivity index (χ2v) is 10.4. The van der Waals surface area contributed by atoms with Crippen LogP contribution in [0.5, 0.6) is 0 Å². The predicted molar refractivity (Wildman–Crippen MR) is 116 cm³/mol. The number of piperidine rings is 1. The van der Waals surface area contributed by atoms with Crippen molar-refractivity contribution in [1.82, 2.24) is 8.87 Å². The SMILES string of the molecule is CCOCCn1c(=NC(=O)C2CCCCN2S(C)(=O)=O)sc2cc(C)c(C)cc21. The minimum atomic E-state index is -3.45. The van der Waals surface area contributed by atoms with Gasteiger partial charge in [0.15, 0.2) is 4.80 Å². The molecule has 1 aromatic heterocycles. The number of amides is 1. The summed E-state index contributed by atoms with van der Waals surface area (Å²) in [6, 6.07) is 3.51. The van der Waals surface area contributed by atoms with Gasteiger partial charge >= 0.3 is 0 Å². The van der Waals surface area contributed by atoms with Crippen LogP contribution in [0.1, 0.15) is 37.3 Å². The molecule has 29 heavy (non-hydrogen) atoms. The van der Waals surface area contributed by atoms with Crippen LogP contribution in [0, 0.1) is 13.8 Å². The van der Waals surface area contributed by atoms with Crippen molar-refractivity contribution < 1.29 is 17.9 Å². The van der Waals surface area contributed by atoms with Crippen LogP contribution in [-0.4, -0.2) is 55.3 Å². The fraction of sp³-hybridized carbons (Fsp3) is 0.600. The lowest BCUT2D eigenvalue weighted by atomic mass is 10.0. The van der Waals surface area contributed by atoms with E-state index in [1.165, 1.54) is 26.8 Å². The van der Waals surface area contributed by atoms with E-state index in [2.05, 4.69) is 31.0 Å². The van der Waals surface area contributed by atoms with E-state index in [-0.39, 0.29) is 5.91 Å². The van der Waals surface area contributed by atoms with Crippen molar-refractivity contribution in [2.75, 3.05) is 26.0 Å². The Labute approximate surface area is 176 Å². The molecule has 1 fully saturated rings. The maximum absolute atomic E-state index is 13.0. The highest BCUT2D eigenvalue weighted by atomic mass is 32.2. The Morgan fingerprint density at radius 2 is 2.00 bits per heavy atom. The fourth-order valence-electron chi connectivity index (χ4n) is 3.64. The Kier molecular flexibility index (Phi) is 6.93. The van der Waals surface area contributed by atoms with Crippen LogP contribution in [0.2, 0.25) is 0 Å². The Morgan fingerprint density at radius 3 is 2.69 bits per heavy atom. The molecule has 2 heterocycles. The van der Waals surface area contributed by atoms with Crippen LogP contribution in [0.15, 0.2) is 17.1 Å². The van der Waals surface area contributed by atoms with E-state index in [1.54, 1.807) is 0 Å². The number of hydrogen-bond donors (Lipinski definition) is 0. The smallest absolute Gasteiger partial charge is 0.266 e. The molecular formula is C20H29N3O4S2. The van der Waals surface area contributed by atoms with Gasteiger partial charge in [-0.3, -0.25) is 4.79 Å². The second kappa shape index (κ2) is 9.07. The third-order valence-corrected chi connectivity index (χ3v) is 7.66. The molecule has 160 valence electrons. The second-order valence-electron chi connectivity index (χ2n) is 7.47. The van der Waals surface area contributed by atoms with Gasteiger partial charge in [0.1, 0.15) is 6.04 Å². The summed E-state index contributed by atoms with van der Waals surface area (Å²) < 4.78 is 34.1. The Balaban J connectivity index is 2.05. The summed E-state index contributed by atoms with van der Waals surface area (Å²) in [6.07, 6.45) is 3.27. The zero-order valence-corrected chi connectivity index (χ0v) is 19.1. The molecule has 1 aliphatic heterocycles. The molecule has 1 aliphatic rings. The highest BCUT2D eigenvalue weighted by molar-refractivity contribution is 7.88. The van der Waals surface area contributed by atoms with E-state index >= 15 is 0 Å². The molecular weight excluding hydrogens is 410 g/mol. The van der Waals surface area contributed by atoms with Gasteiger partial charge in [0, 0.05) is 19.7 Å². The minimum absolute atomic E-state index is 0.375. The van der Waals surface area contributed by atoms with E-state index < -0.39 is 16.1 Å². The number of benzene rings is 1. The molecule has 1 aromatic carbocycles. The van der Waals surface area contributed by atoms with Crippen molar-refractivity contribution in [3.05, 3.63) is 28.1 Å². The van der Waals surface area contributed by atoms with Gasteiger partial charge in [-0.2, -0.15) is 9.30 Å². The normalized spacial score (nSPS) is 19.2. The van der Waals surface area contributed by atoms with Crippen molar-refractivity contribution in [3.8, 4) is 0 Å². The van der Waals surface area contributed by atoms with E-state index in [4.69, 9.17) is 4.74 Å². The number of rotatable bonds is 6. The van der Waals surface area contributed by atoms with E-state index in [1.807, 2.05) is 11.5 Å². The number of thiazole rings is 1. The summed E-state index contributed by atoms with van der Waals surface area (Å²) >= 11 is 1.46. The van der Waals surface area contributed by atoms with Gasteiger partial charge in [0.05, 0.1) is 23.1 Å². The number of aryl methyl sites for hydroxylation is 2. The summed E-state index contributed by atoms with van der Waals surface area (Å²) in [4.78, 5) is 18.0. The van der Waals surface area contributed by atoms with Crippen LogP contribution in [-0.2, 0) is 26.1 Å². The van der Waals surface area contributed by atoms with Crippen molar-refractivity contribution in [3.63, 3.8) is 0 Å². The largest absolute Gasteiger partial charge is 0.380 e. The van der Waals surface area contributed by atoms with Crippen LogP contribution in [0.25, 0.3) is 10.2 Å². The highest BCUT2D eigenvalue weighted by Crippen LogP contribution is 2.23. The number of sulfonamides is 1. The first-order valence-corrected chi connectivity index (χ1v) is 12.6. The molecule has 1 atom stereocenters. The molecule has 3 rings (SSSR count). The van der Waals surface area contributed by atoms with Gasteiger partial charge < -0.3 is 9.30 Å². The van der Waals surface area contributed by atoms with Crippen molar-refractivity contribution in [2.45, 2.75) is 52.6 Å². The Hall–Kier alpha value is -1.55. The summed E-state index contributed by atoms with van der Waals surface area (Å²) in [6.45, 7) is 8.18. The number of carbonyl (C=O) groups is 1. The number of carbonyl (C=O) groups excluding carboxylic acids is 1. The lowest BCUT2D eigenvalue weighted by Crippen LogP contribution is -2.47. The lowest BCUT2D eigenvalue weighted by molar-refractivity contribution is -0.122. The van der Waals surface area contributed by atoms with E-state index in [9.17, 15) is 13.2 Å². The molecule has 1 unspecified atom stereocenters. The molecule has 1 saturated heterocycles. The van der Waals surface area contributed by atoms with Gasteiger partial charge in [-0.15, -0.1) is 0 Å². The Morgan fingerprint density at radius 1 is 1.28 bits per heavy atom. The summed E-state index contributed by atoms with van der Waals surface area (Å²) in [7, 11) is -3.45. The standard InChI is InChI=1S/C20H29N3O4S2/c1-5-27-11-10-22-17-12-14(2)15(3)13-18(17)28-20(22)21-19(24)16-8-6-7-9-23(16)29(4,25)26/h12-13,16H,5-11H2,1-4H3. The molecule has 0 aliphatic carbocycles. The number of aromatic nitrogens is 1. The van der Waals surface area contributed by atoms with Crippen LogP contribution < -0.4 is 4.80 Å². The first-order valence-electron chi connectivity index (χ1n) is 9.96. The molecule has 9 heteroatoms. The van der Waals surface area contributed by atoms with Crippen LogP contribution >= 0.6 is 11.3 Å². The highest BCUT2D eigenvalue weighted by Gasteiger charge is 2.34. The van der Waals surface area contributed by atoms with Crippen molar-refractivity contribution >= 4 is 37.5 Å². The number of nitrogens with zero attached hydrogens (tertiary/aromatic N) is 3. The maximum Gasteiger partial charge on any atom is 0.266 e. The van der Waals surface area contributed by atoms with Crippen LogP contribution in [0.4, 0.5) is 0 Å². The molecule has 0 spiro atoms. The summed E-state index contributed by atoms with van der Waals surface area (Å²) in [5.41, 5.74) is 3.38. The van der Waals surface area contributed by atoms with E-state index in [0.717, 1.165) is 29.3 Å². The van der Waals surface area contributed by atoms with Crippen molar-refractivity contribution in [2.24, 2.45) is 4.99 Å². The zero-order chi connectivity index (χ0) is 21.2. The summed E-state index contributed by atoms with van der Waals surface area (Å²) in [5.74, 6) is -0.389. The molecule has 2 aromatic rings. The van der Waals surface area contributed by atoms with Gasteiger partial charge in [-0.25, -0.2) is 8.42 Å². The Bertz CT molecular complexity index is 1070. The minimum Gasteiger partial charge on any atom is -0.380 e. The summed E-state index contributed by atoms with van der Waals surface area (Å²) in [5, 5.41) is 0. The van der Waals surface area contributed by atoms with Gasteiger partial charge in [0.2, 0.25) is 10.0 Å². The molecule has 0 saturated carbocycles. The molecule has 1 amide bonds. The van der Waals surface area contributed by atoms with Gasteiger partial charge in [0.25, 0.3) is 5.91 Å². The quantitative estimate of drug-likeness (QED) is 0.648. The maximum atomic E-state index is 13.0. The fourth-order valence-corrected chi connectivity index (χ4v) is 5.90. The van der Waals surface area contributed by atoms with Gasteiger partial charge in [-0.1, -0.05) is 17.8 Å². The van der Waals surface area contributed by atoms with Crippen molar-refractivity contribution in [1.29, 1.82) is 0 Å². The zero-order valence-electron chi connectivity index (χ0n) is 17.5. The predicted octanol–water partition coefficient (Wildman–Crippen LogP) is 2.60. The van der Waals surface area contributed by atoms with Gasteiger partial charge in [-0.05, 0) is 56.9 Å². The average Bonchev–Trinajstić information content (AvgIpc) is 2.98. The average molecular weight is 440 g/mol. The first-order chi connectivity index (χ1) is 13.7. The molecule has 0 bridgehead atoms. The number of fused-ring (bicyclic) bond motifs is 1. The number of ether oxygens (including phenoxy) is 1. The monoisotopic (exact) mass is 439 g/mol. The lowest BCUT2D eigenvalue weighted by Gasteiger charge is -2.31. The first kappa shape index (κ1) is 22.1. The third-order valence-electron chi connectivity index (χ3n) is 5.33. The van der Waals surface area contributed by atoms with Crippen LogP contribution in [0.3, 0.4) is 0 Å². The third kappa shape index (κ3) is 4.96. The molecule has 0 N–H and O–H groups in total. The topological polar surface area (TPSA) is 81.0 Å².